The van der Waals surface area contributed by atoms with E-state index in [9.17, 15) is 4.79 Å². The maximum atomic E-state index is 10.7. The summed E-state index contributed by atoms with van der Waals surface area (Å²) < 4.78 is 0. The first-order valence-electron chi connectivity index (χ1n) is 4.40. The van der Waals surface area contributed by atoms with Gasteiger partial charge in [0.1, 0.15) is 17.3 Å². The lowest BCUT2D eigenvalue weighted by atomic mass is 10.4. The van der Waals surface area contributed by atoms with E-state index in [-0.39, 0.29) is 5.69 Å². The van der Waals surface area contributed by atoms with Crippen molar-refractivity contribution >= 4 is 17.5 Å². The molecule has 0 saturated heterocycles. The summed E-state index contributed by atoms with van der Waals surface area (Å²) in [6.07, 6.45) is 7.35. The molecule has 0 spiro atoms. The van der Waals surface area contributed by atoms with Crippen molar-refractivity contribution in [3.05, 3.63) is 36.7 Å². The number of nitrogens with two attached hydrogens (primary N) is 1. The number of hydrogen-bond acceptors (Lipinski definition) is 6. The smallest absolute Gasteiger partial charge is 0.268 e. The van der Waals surface area contributed by atoms with Crippen LogP contribution in [0.2, 0.25) is 0 Å². The van der Waals surface area contributed by atoms with E-state index in [0.29, 0.717) is 11.6 Å². The van der Waals surface area contributed by atoms with Crippen LogP contribution in [0, 0.1) is 0 Å². The highest BCUT2D eigenvalue weighted by Crippen LogP contribution is 2.08. The van der Waals surface area contributed by atoms with Crippen LogP contribution < -0.4 is 11.1 Å². The van der Waals surface area contributed by atoms with Gasteiger partial charge >= 0.3 is 0 Å². The third-order valence-electron chi connectivity index (χ3n) is 1.72. The van der Waals surface area contributed by atoms with Gasteiger partial charge in [-0.15, -0.1) is 0 Å². The number of nitrogens with one attached hydrogen (secondary N) is 1. The summed E-state index contributed by atoms with van der Waals surface area (Å²) in [5.74, 6) is 0.396. The number of carbonyl (C=O) groups is 1. The number of rotatable bonds is 3. The Labute approximate surface area is 90.8 Å². The molecule has 80 valence electrons. The summed E-state index contributed by atoms with van der Waals surface area (Å²) in [7, 11) is 0. The molecule has 0 aliphatic rings. The molecule has 0 fully saturated rings. The van der Waals surface area contributed by atoms with Crippen molar-refractivity contribution in [3.63, 3.8) is 0 Å². The minimum Gasteiger partial charge on any atom is -0.364 e. The molecule has 16 heavy (non-hydrogen) atoms. The standard InChI is InChI=1S/C9H8N6O/c10-9(16)6-3-14-8(5-13-6)15-7-4-11-1-2-12-7/h1-5H,(H2,10,16)(H,12,14,15). The Morgan fingerprint density at radius 3 is 2.44 bits per heavy atom. The maximum Gasteiger partial charge on any atom is 0.268 e. The lowest BCUT2D eigenvalue weighted by Gasteiger charge is -2.02. The highest BCUT2D eigenvalue weighted by atomic mass is 16.1. The Morgan fingerprint density at radius 2 is 1.88 bits per heavy atom. The molecule has 2 aromatic rings. The predicted molar refractivity (Wildman–Crippen MR) is 55.9 cm³/mol. The zero-order chi connectivity index (χ0) is 11.4. The van der Waals surface area contributed by atoms with Crippen LogP contribution in [0.25, 0.3) is 0 Å². The lowest BCUT2D eigenvalue weighted by Crippen LogP contribution is -2.13. The molecule has 0 radical (unpaired) electrons. The van der Waals surface area contributed by atoms with Crippen molar-refractivity contribution in [2.75, 3.05) is 5.32 Å². The molecule has 2 heterocycles. The Bertz CT molecular complexity index is 483. The molecule has 7 nitrogen and oxygen atoms in total. The topological polar surface area (TPSA) is 107 Å². The van der Waals surface area contributed by atoms with E-state index in [1.54, 1.807) is 18.6 Å². The number of aromatic nitrogens is 4. The average molecular weight is 216 g/mol. The van der Waals surface area contributed by atoms with Gasteiger partial charge in [-0.1, -0.05) is 0 Å². The Morgan fingerprint density at radius 1 is 1.06 bits per heavy atom. The minimum absolute atomic E-state index is 0.115. The molecule has 7 heteroatoms. The van der Waals surface area contributed by atoms with E-state index in [1.807, 2.05) is 0 Å². The quantitative estimate of drug-likeness (QED) is 0.754. The molecule has 2 aromatic heterocycles. The Kier molecular flexibility index (Phi) is 2.68. The van der Waals surface area contributed by atoms with Gasteiger partial charge in [-0.05, 0) is 0 Å². The van der Waals surface area contributed by atoms with Crippen LogP contribution in [0.15, 0.2) is 31.0 Å². The number of nitrogens with zero attached hydrogens (tertiary/aromatic N) is 4. The molecular weight excluding hydrogens is 208 g/mol. The van der Waals surface area contributed by atoms with Gasteiger partial charge in [0.15, 0.2) is 0 Å². The van der Waals surface area contributed by atoms with E-state index in [1.165, 1.54) is 12.4 Å². The van der Waals surface area contributed by atoms with Crippen LogP contribution >= 0.6 is 0 Å². The number of hydrogen-bond donors (Lipinski definition) is 2. The fourth-order valence-electron chi connectivity index (χ4n) is 1.01. The lowest BCUT2D eigenvalue weighted by molar-refractivity contribution is 0.0995. The van der Waals surface area contributed by atoms with Crippen molar-refractivity contribution in [2.24, 2.45) is 5.73 Å². The Hall–Kier alpha value is -2.57. The second kappa shape index (κ2) is 4.30. The maximum absolute atomic E-state index is 10.7. The van der Waals surface area contributed by atoms with Gasteiger partial charge in [0.05, 0.1) is 18.6 Å². The molecule has 0 bridgehead atoms. The van der Waals surface area contributed by atoms with Gasteiger partial charge in [-0.3, -0.25) is 9.78 Å². The van der Waals surface area contributed by atoms with Crippen molar-refractivity contribution in [1.29, 1.82) is 0 Å². The fourth-order valence-corrected chi connectivity index (χ4v) is 1.01. The van der Waals surface area contributed by atoms with Crippen LogP contribution in [0.1, 0.15) is 10.5 Å². The third kappa shape index (κ3) is 2.27. The van der Waals surface area contributed by atoms with E-state index < -0.39 is 5.91 Å². The first kappa shape index (κ1) is 9.97. The van der Waals surface area contributed by atoms with Gasteiger partial charge in [0.25, 0.3) is 5.91 Å². The van der Waals surface area contributed by atoms with Crippen LogP contribution in [0.4, 0.5) is 11.6 Å². The summed E-state index contributed by atoms with van der Waals surface area (Å²) in [4.78, 5) is 26.4. The molecule has 1 amide bonds. The van der Waals surface area contributed by atoms with Gasteiger partial charge in [0, 0.05) is 12.4 Å². The number of anilines is 2. The van der Waals surface area contributed by atoms with Gasteiger partial charge < -0.3 is 11.1 Å². The average Bonchev–Trinajstić information content (AvgIpc) is 2.31. The van der Waals surface area contributed by atoms with E-state index in [0.717, 1.165) is 0 Å². The highest BCUT2D eigenvalue weighted by Gasteiger charge is 2.02. The van der Waals surface area contributed by atoms with Gasteiger partial charge in [-0.2, -0.15) is 0 Å². The third-order valence-corrected chi connectivity index (χ3v) is 1.72. The normalized spacial score (nSPS) is 9.75. The van der Waals surface area contributed by atoms with Gasteiger partial charge in [-0.25, -0.2) is 15.0 Å². The number of carbonyl (C=O) groups excluding carboxylic acids is 1. The van der Waals surface area contributed by atoms with Crippen molar-refractivity contribution in [2.45, 2.75) is 0 Å². The van der Waals surface area contributed by atoms with Crippen molar-refractivity contribution in [1.82, 2.24) is 19.9 Å². The van der Waals surface area contributed by atoms with E-state index in [2.05, 4.69) is 25.3 Å². The first-order valence-corrected chi connectivity index (χ1v) is 4.40. The number of primary amides is 1. The molecule has 0 aliphatic heterocycles. The Balaban J connectivity index is 2.14. The second-order valence-electron chi connectivity index (χ2n) is 2.87. The van der Waals surface area contributed by atoms with Crippen molar-refractivity contribution < 1.29 is 4.79 Å². The van der Waals surface area contributed by atoms with E-state index >= 15 is 0 Å². The molecule has 0 saturated carbocycles. The molecule has 3 N–H and O–H groups in total. The summed E-state index contributed by atoms with van der Waals surface area (Å²) in [6.45, 7) is 0. The van der Waals surface area contributed by atoms with E-state index in [4.69, 9.17) is 5.73 Å². The largest absolute Gasteiger partial charge is 0.364 e. The molecule has 0 atom stereocenters. The van der Waals surface area contributed by atoms with Crippen LogP contribution in [0.3, 0.4) is 0 Å². The molecule has 0 aromatic carbocycles. The summed E-state index contributed by atoms with van der Waals surface area (Å²) >= 11 is 0. The monoisotopic (exact) mass is 216 g/mol. The summed E-state index contributed by atoms with van der Waals surface area (Å²) in [5.41, 5.74) is 5.15. The second-order valence-corrected chi connectivity index (χ2v) is 2.87. The molecular formula is C9H8N6O. The fraction of sp³-hybridized carbons (Fsp3) is 0. The zero-order valence-corrected chi connectivity index (χ0v) is 8.16. The van der Waals surface area contributed by atoms with Crippen LogP contribution in [-0.2, 0) is 0 Å². The first-order chi connectivity index (χ1) is 7.75. The zero-order valence-electron chi connectivity index (χ0n) is 8.16. The van der Waals surface area contributed by atoms with Crippen molar-refractivity contribution in [3.8, 4) is 0 Å². The summed E-state index contributed by atoms with van der Waals surface area (Å²) in [5, 5.41) is 2.87. The predicted octanol–water partition coefficient (Wildman–Crippen LogP) is 0.109. The minimum atomic E-state index is -0.612. The number of amides is 1. The van der Waals surface area contributed by atoms with Crippen LogP contribution in [-0.4, -0.2) is 25.8 Å². The van der Waals surface area contributed by atoms with Crippen LogP contribution in [0.5, 0.6) is 0 Å². The highest BCUT2D eigenvalue weighted by molar-refractivity contribution is 5.90. The molecule has 0 aliphatic carbocycles. The molecule has 2 rings (SSSR count). The summed E-state index contributed by atoms with van der Waals surface area (Å²) in [6, 6.07) is 0. The SMILES string of the molecule is NC(=O)c1cnc(Nc2cnccn2)cn1. The molecule has 0 unspecified atom stereocenters. The van der Waals surface area contributed by atoms with Gasteiger partial charge in [0.2, 0.25) is 0 Å².